The Labute approximate surface area is 228 Å². The molecule has 3 heterocycles. The lowest BCUT2D eigenvalue weighted by Gasteiger charge is -2.13. The average molecular weight is 503 g/mol. The van der Waals surface area contributed by atoms with Gasteiger partial charge >= 0.3 is 0 Å². The number of para-hydroxylation sites is 2. The van der Waals surface area contributed by atoms with Crippen LogP contribution in [0.4, 0.5) is 0 Å². The van der Waals surface area contributed by atoms with Gasteiger partial charge in [-0.25, -0.2) is 0 Å². The molecule has 0 bridgehead atoms. The van der Waals surface area contributed by atoms with Gasteiger partial charge in [-0.3, -0.25) is 4.98 Å². The van der Waals surface area contributed by atoms with Crippen LogP contribution in [0.2, 0.25) is 0 Å². The fraction of sp³-hybridized carbons (Fsp3) is 0.0556. The number of nitrogens with zero attached hydrogens (tertiary/aromatic N) is 3. The highest BCUT2D eigenvalue weighted by Crippen LogP contribution is 2.33. The van der Waals surface area contributed by atoms with Gasteiger partial charge in [0.05, 0.1) is 22.3 Å². The molecule has 7 rings (SSSR count). The molecule has 0 aliphatic heterocycles. The molecule has 0 fully saturated rings. The maximum absolute atomic E-state index is 4.62. The summed E-state index contributed by atoms with van der Waals surface area (Å²) in [6, 6.07) is 45.3. The molecule has 4 aromatic carbocycles. The summed E-state index contributed by atoms with van der Waals surface area (Å²) in [5, 5.41) is 2.55. The zero-order valence-electron chi connectivity index (χ0n) is 21.8. The molecule has 0 saturated heterocycles. The van der Waals surface area contributed by atoms with Crippen molar-refractivity contribution in [2.45, 2.75) is 13.5 Å². The van der Waals surface area contributed by atoms with Crippen LogP contribution in [-0.4, -0.2) is 9.55 Å². The van der Waals surface area contributed by atoms with E-state index in [1.165, 1.54) is 44.2 Å². The van der Waals surface area contributed by atoms with Gasteiger partial charge in [0.25, 0.3) is 0 Å². The van der Waals surface area contributed by atoms with Crippen LogP contribution in [0.3, 0.4) is 0 Å². The van der Waals surface area contributed by atoms with Crippen molar-refractivity contribution < 1.29 is 4.57 Å². The Kier molecular flexibility index (Phi) is 5.75. The van der Waals surface area contributed by atoms with E-state index < -0.39 is 0 Å². The second-order valence-corrected chi connectivity index (χ2v) is 9.95. The molecule has 3 aromatic heterocycles. The molecule has 0 aliphatic carbocycles. The van der Waals surface area contributed by atoms with Crippen molar-refractivity contribution >= 4 is 21.8 Å². The molecule has 3 nitrogen and oxygen atoms in total. The maximum Gasteiger partial charge on any atom is 0.213 e. The van der Waals surface area contributed by atoms with E-state index in [0.29, 0.717) is 0 Å². The van der Waals surface area contributed by atoms with Crippen molar-refractivity contribution in [1.82, 2.24) is 9.55 Å². The molecule has 0 amide bonds. The summed E-state index contributed by atoms with van der Waals surface area (Å²) < 4.78 is 4.73. The minimum absolute atomic E-state index is 0.752. The van der Waals surface area contributed by atoms with Crippen molar-refractivity contribution in [2.24, 2.45) is 0 Å². The number of aromatic nitrogens is 3. The second-order valence-electron chi connectivity index (χ2n) is 9.95. The Bertz CT molecular complexity index is 1900. The van der Waals surface area contributed by atoms with Gasteiger partial charge in [0, 0.05) is 45.9 Å². The van der Waals surface area contributed by atoms with Crippen molar-refractivity contribution in [3.8, 4) is 28.2 Å². The summed E-state index contributed by atoms with van der Waals surface area (Å²) in [5.41, 5.74) is 10.7. The van der Waals surface area contributed by atoms with E-state index in [1.54, 1.807) is 0 Å². The Morgan fingerprint density at radius 3 is 2.10 bits per heavy atom. The number of benzene rings is 4. The lowest BCUT2D eigenvalue weighted by atomic mass is 10.0. The standard InChI is InChI=1S/C36H28N3/c1-26-20-21-28(39-35-18-6-4-14-30(35)31-15-5-7-19-36(31)39)24-32(26)34-17-9-11-23-38(34)25-27-12-2-3-13-29(27)33-16-8-10-22-37-33/h2-24H,25H2,1H3/q+1. The maximum atomic E-state index is 4.62. The first kappa shape index (κ1) is 23.1. The largest absolute Gasteiger partial charge is 0.309 e. The summed E-state index contributed by atoms with van der Waals surface area (Å²) in [4.78, 5) is 4.62. The fourth-order valence-corrected chi connectivity index (χ4v) is 5.70. The highest BCUT2D eigenvalue weighted by atomic mass is 15.0. The van der Waals surface area contributed by atoms with E-state index in [2.05, 4.69) is 142 Å². The van der Waals surface area contributed by atoms with Gasteiger partial charge < -0.3 is 4.57 Å². The van der Waals surface area contributed by atoms with Crippen LogP contribution in [0.15, 0.2) is 140 Å². The summed E-state index contributed by atoms with van der Waals surface area (Å²) in [5.74, 6) is 0. The minimum Gasteiger partial charge on any atom is -0.309 e. The van der Waals surface area contributed by atoms with Gasteiger partial charge in [-0.2, -0.15) is 4.57 Å². The first-order chi connectivity index (χ1) is 19.3. The number of hydrogen-bond acceptors (Lipinski definition) is 1. The van der Waals surface area contributed by atoms with Crippen LogP contribution in [0, 0.1) is 6.92 Å². The van der Waals surface area contributed by atoms with Gasteiger partial charge in [0.15, 0.2) is 12.7 Å². The predicted molar refractivity (Wildman–Crippen MR) is 160 cm³/mol. The zero-order valence-corrected chi connectivity index (χ0v) is 21.8. The van der Waals surface area contributed by atoms with Crippen LogP contribution >= 0.6 is 0 Å². The molecule has 0 atom stereocenters. The Hall–Kier alpha value is -5.02. The third-order valence-corrected chi connectivity index (χ3v) is 7.57. The summed E-state index contributed by atoms with van der Waals surface area (Å²) in [6.45, 7) is 2.95. The van der Waals surface area contributed by atoms with Crippen molar-refractivity contribution in [2.75, 3.05) is 0 Å². The van der Waals surface area contributed by atoms with Crippen LogP contribution in [-0.2, 0) is 6.54 Å². The number of fused-ring (bicyclic) bond motifs is 3. The van der Waals surface area contributed by atoms with Crippen LogP contribution in [0.5, 0.6) is 0 Å². The molecule has 39 heavy (non-hydrogen) atoms. The van der Waals surface area contributed by atoms with Crippen molar-refractivity contribution in [3.05, 3.63) is 151 Å². The molecule has 0 spiro atoms. The van der Waals surface area contributed by atoms with E-state index in [4.69, 9.17) is 0 Å². The van der Waals surface area contributed by atoms with E-state index >= 15 is 0 Å². The first-order valence-corrected chi connectivity index (χ1v) is 13.4. The fourth-order valence-electron chi connectivity index (χ4n) is 5.70. The molecule has 3 heteroatoms. The highest BCUT2D eigenvalue weighted by Gasteiger charge is 2.19. The SMILES string of the molecule is Cc1ccc(-n2c3ccccc3c3ccccc32)cc1-c1cccc[n+]1Cc1ccccc1-c1ccccn1. The van der Waals surface area contributed by atoms with Gasteiger partial charge in [0.2, 0.25) is 5.69 Å². The number of hydrogen-bond donors (Lipinski definition) is 0. The lowest BCUT2D eigenvalue weighted by Crippen LogP contribution is -2.36. The first-order valence-electron chi connectivity index (χ1n) is 13.4. The zero-order chi connectivity index (χ0) is 26.2. The van der Waals surface area contributed by atoms with Crippen molar-refractivity contribution in [3.63, 3.8) is 0 Å². The highest BCUT2D eigenvalue weighted by molar-refractivity contribution is 6.09. The molecule has 0 unspecified atom stereocenters. The summed E-state index contributed by atoms with van der Waals surface area (Å²) in [6.07, 6.45) is 4.04. The van der Waals surface area contributed by atoms with E-state index in [0.717, 1.165) is 23.5 Å². The average Bonchev–Trinajstić information content (AvgIpc) is 3.33. The predicted octanol–water partition coefficient (Wildman–Crippen LogP) is 8.16. The minimum atomic E-state index is 0.752. The number of rotatable bonds is 5. The topological polar surface area (TPSA) is 21.7 Å². The normalized spacial score (nSPS) is 11.3. The van der Waals surface area contributed by atoms with E-state index in [1.807, 2.05) is 18.3 Å². The van der Waals surface area contributed by atoms with Gasteiger partial charge in [-0.1, -0.05) is 72.8 Å². The smallest absolute Gasteiger partial charge is 0.213 e. The Morgan fingerprint density at radius 2 is 1.33 bits per heavy atom. The van der Waals surface area contributed by atoms with Gasteiger partial charge in [-0.15, -0.1) is 0 Å². The number of aryl methyl sites for hydroxylation is 1. The van der Waals surface area contributed by atoms with Crippen LogP contribution in [0.25, 0.3) is 50.0 Å². The quantitative estimate of drug-likeness (QED) is 0.218. The van der Waals surface area contributed by atoms with E-state index in [-0.39, 0.29) is 0 Å². The van der Waals surface area contributed by atoms with Gasteiger partial charge in [0.1, 0.15) is 0 Å². The van der Waals surface area contributed by atoms with Gasteiger partial charge in [-0.05, 0) is 55.0 Å². The molecule has 7 aromatic rings. The molecule has 0 N–H and O–H groups in total. The third-order valence-electron chi connectivity index (χ3n) is 7.57. The van der Waals surface area contributed by atoms with Crippen molar-refractivity contribution in [1.29, 1.82) is 0 Å². The molecule has 0 radical (unpaired) electrons. The molecule has 0 saturated carbocycles. The molecular weight excluding hydrogens is 474 g/mol. The Morgan fingerprint density at radius 1 is 0.641 bits per heavy atom. The van der Waals surface area contributed by atoms with Crippen LogP contribution < -0.4 is 4.57 Å². The number of pyridine rings is 2. The third kappa shape index (κ3) is 4.09. The second kappa shape index (κ2) is 9.70. The summed E-state index contributed by atoms with van der Waals surface area (Å²) >= 11 is 0. The van der Waals surface area contributed by atoms with E-state index in [9.17, 15) is 0 Å². The molecule has 186 valence electrons. The summed E-state index contributed by atoms with van der Waals surface area (Å²) in [7, 11) is 0. The molecule has 0 aliphatic rings. The lowest BCUT2D eigenvalue weighted by molar-refractivity contribution is -0.677. The Balaban J connectivity index is 1.37. The molecular formula is C36H28N3+. The van der Waals surface area contributed by atoms with Crippen LogP contribution in [0.1, 0.15) is 11.1 Å². The monoisotopic (exact) mass is 502 g/mol.